The highest BCUT2D eigenvalue weighted by molar-refractivity contribution is 14.0. The fourth-order valence-electron chi connectivity index (χ4n) is 2.15. The van der Waals surface area contributed by atoms with E-state index in [4.69, 9.17) is 5.73 Å². The molecule has 0 aliphatic carbocycles. The minimum Gasteiger partial charge on any atom is -0.370 e. The van der Waals surface area contributed by atoms with E-state index in [9.17, 15) is 0 Å². The number of hydrogen-bond acceptors (Lipinski definition) is 2. The summed E-state index contributed by atoms with van der Waals surface area (Å²) in [7, 11) is 0. The Labute approximate surface area is 122 Å². The predicted molar refractivity (Wildman–Crippen MR) is 85.0 cm³/mol. The molecule has 0 aromatic carbocycles. The van der Waals surface area contributed by atoms with Gasteiger partial charge < -0.3 is 16.0 Å². The van der Waals surface area contributed by atoms with E-state index in [1.54, 1.807) is 0 Å². The van der Waals surface area contributed by atoms with Crippen molar-refractivity contribution in [1.82, 2.24) is 10.2 Å². The van der Waals surface area contributed by atoms with Crippen LogP contribution in [0.3, 0.4) is 0 Å². The molecule has 1 fully saturated rings. The van der Waals surface area contributed by atoms with Gasteiger partial charge in [0.05, 0.1) is 0 Å². The first-order chi connectivity index (χ1) is 7.61. The van der Waals surface area contributed by atoms with Gasteiger partial charge in [-0.1, -0.05) is 6.92 Å². The molecule has 0 spiro atoms. The van der Waals surface area contributed by atoms with Crippen LogP contribution in [0.5, 0.6) is 0 Å². The molecule has 0 amide bonds. The minimum atomic E-state index is 0. The molecule has 0 radical (unpaired) electrons. The van der Waals surface area contributed by atoms with E-state index < -0.39 is 0 Å². The molecule has 0 saturated carbocycles. The second kappa shape index (κ2) is 8.97. The second-order valence-corrected chi connectivity index (χ2v) is 4.98. The van der Waals surface area contributed by atoms with Gasteiger partial charge in [-0.05, 0) is 45.7 Å². The highest BCUT2D eigenvalue weighted by Crippen LogP contribution is 2.16. The maximum atomic E-state index is 5.77. The first-order valence-corrected chi connectivity index (χ1v) is 6.40. The largest absolute Gasteiger partial charge is 0.370 e. The molecule has 1 atom stereocenters. The number of hydrogen-bond donors (Lipinski definition) is 2. The fourth-order valence-corrected chi connectivity index (χ4v) is 2.15. The highest BCUT2D eigenvalue weighted by Gasteiger charge is 2.21. The summed E-state index contributed by atoms with van der Waals surface area (Å²) in [4.78, 5) is 6.92. The average molecular weight is 354 g/mol. The normalized spacial score (nSPS) is 21.6. The van der Waals surface area contributed by atoms with Gasteiger partial charge in [-0.15, -0.1) is 24.0 Å². The van der Waals surface area contributed by atoms with Crippen LogP contribution in [0, 0.1) is 5.92 Å². The molecular weight excluding hydrogens is 327 g/mol. The maximum Gasteiger partial charge on any atom is 0.188 e. The number of rotatable bonds is 5. The van der Waals surface area contributed by atoms with Crippen molar-refractivity contribution in [3.63, 3.8) is 0 Å². The van der Waals surface area contributed by atoms with Crippen LogP contribution in [0.1, 0.15) is 33.6 Å². The predicted octanol–water partition coefficient (Wildman–Crippen LogP) is 1.65. The lowest BCUT2D eigenvalue weighted by Crippen LogP contribution is -2.37. The smallest absolute Gasteiger partial charge is 0.188 e. The van der Waals surface area contributed by atoms with Gasteiger partial charge in [-0.25, -0.2) is 0 Å². The quantitative estimate of drug-likeness (QED) is 0.449. The van der Waals surface area contributed by atoms with Gasteiger partial charge in [0.1, 0.15) is 0 Å². The van der Waals surface area contributed by atoms with Gasteiger partial charge >= 0.3 is 0 Å². The summed E-state index contributed by atoms with van der Waals surface area (Å²) in [5, 5.41) is 3.12. The number of nitrogens with two attached hydrogens (primary N) is 1. The summed E-state index contributed by atoms with van der Waals surface area (Å²) >= 11 is 0. The molecule has 5 heteroatoms. The van der Waals surface area contributed by atoms with Crippen LogP contribution in [-0.2, 0) is 0 Å². The van der Waals surface area contributed by atoms with E-state index in [0.29, 0.717) is 17.9 Å². The van der Waals surface area contributed by atoms with Gasteiger partial charge in [0.15, 0.2) is 5.96 Å². The third-order valence-corrected chi connectivity index (χ3v) is 2.87. The molecule has 0 aromatic heterocycles. The zero-order valence-electron chi connectivity index (χ0n) is 11.3. The molecule has 1 heterocycles. The lowest BCUT2D eigenvalue weighted by molar-refractivity contribution is 0.326. The van der Waals surface area contributed by atoms with Crippen LogP contribution in [0.15, 0.2) is 4.99 Å². The third kappa shape index (κ3) is 7.08. The van der Waals surface area contributed by atoms with Gasteiger partial charge in [-0.3, -0.25) is 4.99 Å². The number of halogens is 1. The molecule has 17 heavy (non-hydrogen) atoms. The zero-order chi connectivity index (χ0) is 12.0. The molecule has 0 bridgehead atoms. The van der Waals surface area contributed by atoms with E-state index in [-0.39, 0.29) is 24.0 Å². The standard InChI is InChI=1S/C12H26N4.HI/c1-4-6-16-7-5-11(9-16)8-14-12(13)15-10(2)3;/h10-11H,4-9H2,1-3H3,(H3,13,14,15);1H. The Bertz CT molecular complexity index is 231. The summed E-state index contributed by atoms with van der Waals surface area (Å²) in [6.07, 6.45) is 2.51. The summed E-state index contributed by atoms with van der Waals surface area (Å²) in [6, 6.07) is 0.365. The average Bonchev–Trinajstić information content (AvgIpc) is 2.62. The molecule has 102 valence electrons. The molecule has 4 nitrogen and oxygen atoms in total. The summed E-state index contributed by atoms with van der Waals surface area (Å²) < 4.78 is 0. The third-order valence-electron chi connectivity index (χ3n) is 2.87. The fraction of sp³-hybridized carbons (Fsp3) is 0.917. The topological polar surface area (TPSA) is 53.6 Å². The van der Waals surface area contributed by atoms with E-state index in [1.807, 2.05) is 0 Å². The zero-order valence-corrected chi connectivity index (χ0v) is 13.6. The maximum absolute atomic E-state index is 5.77. The Morgan fingerprint density at radius 1 is 1.53 bits per heavy atom. The Morgan fingerprint density at radius 3 is 2.82 bits per heavy atom. The molecule has 1 rings (SSSR count). The Morgan fingerprint density at radius 2 is 2.24 bits per heavy atom. The Kier molecular flexibility index (Phi) is 8.94. The van der Waals surface area contributed by atoms with Crippen molar-refractivity contribution in [2.75, 3.05) is 26.2 Å². The van der Waals surface area contributed by atoms with E-state index in [1.165, 1.54) is 32.5 Å². The van der Waals surface area contributed by atoms with Crippen molar-refractivity contribution in [3.8, 4) is 0 Å². The summed E-state index contributed by atoms with van der Waals surface area (Å²) in [5.41, 5.74) is 5.77. The van der Waals surface area contributed by atoms with Crippen LogP contribution in [-0.4, -0.2) is 43.1 Å². The first-order valence-electron chi connectivity index (χ1n) is 6.40. The van der Waals surface area contributed by atoms with E-state index in [0.717, 1.165) is 6.54 Å². The first kappa shape index (κ1) is 17.0. The summed E-state index contributed by atoms with van der Waals surface area (Å²) in [5.74, 6) is 1.28. The Balaban J connectivity index is 0.00000256. The SMILES string of the molecule is CCCN1CCC(CN=C(N)NC(C)C)C1.I. The molecule has 1 aliphatic heterocycles. The monoisotopic (exact) mass is 354 g/mol. The molecule has 1 aliphatic rings. The van der Waals surface area contributed by atoms with Crippen LogP contribution < -0.4 is 11.1 Å². The molecule has 1 unspecified atom stereocenters. The number of aliphatic imine (C=N–C) groups is 1. The van der Waals surface area contributed by atoms with Crippen molar-refractivity contribution in [1.29, 1.82) is 0 Å². The van der Waals surface area contributed by atoms with Gasteiger partial charge in [0.25, 0.3) is 0 Å². The van der Waals surface area contributed by atoms with Gasteiger partial charge in [0, 0.05) is 19.1 Å². The van der Waals surface area contributed by atoms with Crippen molar-refractivity contribution in [3.05, 3.63) is 0 Å². The van der Waals surface area contributed by atoms with Crippen molar-refractivity contribution < 1.29 is 0 Å². The van der Waals surface area contributed by atoms with Crippen molar-refractivity contribution >= 4 is 29.9 Å². The molecule has 3 N–H and O–H groups in total. The van der Waals surface area contributed by atoms with Crippen LogP contribution in [0.4, 0.5) is 0 Å². The molecule has 1 saturated heterocycles. The second-order valence-electron chi connectivity index (χ2n) is 4.98. The van der Waals surface area contributed by atoms with Crippen LogP contribution in [0.25, 0.3) is 0 Å². The lowest BCUT2D eigenvalue weighted by atomic mass is 10.1. The molecule has 0 aromatic rings. The number of nitrogens with zero attached hydrogens (tertiary/aromatic N) is 2. The van der Waals surface area contributed by atoms with Gasteiger partial charge in [-0.2, -0.15) is 0 Å². The highest BCUT2D eigenvalue weighted by atomic mass is 127. The minimum absolute atomic E-state index is 0. The van der Waals surface area contributed by atoms with Crippen molar-refractivity contribution in [2.45, 2.75) is 39.7 Å². The van der Waals surface area contributed by atoms with E-state index in [2.05, 4.69) is 36.0 Å². The van der Waals surface area contributed by atoms with Gasteiger partial charge in [0.2, 0.25) is 0 Å². The number of likely N-dealkylation sites (tertiary alicyclic amines) is 1. The summed E-state index contributed by atoms with van der Waals surface area (Å²) in [6.45, 7) is 10.9. The lowest BCUT2D eigenvalue weighted by Gasteiger charge is -2.14. The van der Waals surface area contributed by atoms with Crippen molar-refractivity contribution in [2.24, 2.45) is 16.6 Å². The number of guanidine groups is 1. The Hall–Kier alpha value is -0.0400. The van der Waals surface area contributed by atoms with Crippen LogP contribution in [0.2, 0.25) is 0 Å². The molecular formula is C12H27IN4. The number of nitrogens with one attached hydrogen (secondary N) is 1. The van der Waals surface area contributed by atoms with E-state index >= 15 is 0 Å². The van der Waals surface area contributed by atoms with Crippen LogP contribution >= 0.6 is 24.0 Å².